The first-order chi connectivity index (χ1) is 10.9. The number of carbonyl (C=O) groups is 1. The zero-order chi connectivity index (χ0) is 16.4. The predicted octanol–water partition coefficient (Wildman–Crippen LogP) is 3.56. The van der Waals surface area contributed by atoms with Crippen LogP contribution in [0.3, 0.4) is 0 Å². The topological polar surface area (TPSA) is 41.6 Å². The smallest absolute Gasteiger partial charge is 0.407 e. The van der Waals surface area contributed by atoms with Gasteiger partial charge in [-0.25, -0.2) is 4.79 Å². The molecule has 4 heteroatoms. The first-order valence-electron chi connectivity index (χ1n) is 8.70. The number of amides is 1. The lowest BCUT2D eigenvalue weighted by Gasteiger charge is -2.23. The molecule has 0 radical (unpaired) electrons. The Labute approximate surface area is 139 Å². The maximum absolute atomic E-state index is 12.1. The fraction of sp³-hybridized carbons (Fsp3) is 0.632. The molecule has 3 unspecified atom stereocenters. The van der Waals surface area contributed by atoms with Gasteiger partial charge in [0.25, 0.3) is 0 Å². The Morgan fingerprint density at radius 2 is 2.00 bits per heavy atom. The molecule has 1 aliphatic carbocycles. The molecule has 4 nitrogen and oxygen atoms in total. The Hall–Kier alpha value is -1.55. The Morgan fingerprint density at radius 3 is 2.70 bits per heavy atom. The zero-order valence-electron chi connectivity index (χ0n) is 14.4. The monoisotopic (exact) mass is 316 g/mol. The van der Waals surface area contributed by atoms with Gasteiger partial charge in [0.15, 0.2) is 0 Å². The van der Waals surface area contributed by atoms with Crippen LogP contribution in [-0.4, -0.2) is 35.2 Å². The van der Waals surface area contributed by atoms with E-state index in [0.717, 1.165) is 13.1 Å². The van der Waals surface area contributed by atoms with Gasteiger partial charge < -0.3 is 10.1 Å². The summed E-state index contributed by atoms with van der Waals surface area (Å²) in [6.45, 7) is 7.60. The highest BCUT2D eigenvalue weighted by Gasteiger charge is 2.45. The van der Waals surface area contributed by atoms with Crippen molar-refractivity contribution in [2.75, 3.05) is 6.54 Å². The zero-order valence-corrected chi connectivity index (χ0v) is 14.4. The molecule has 23 heavy (non-hydrogen) atoms. The van der Waals surface area contributed by atoms with Crippen molar-refractivity contribution < 1.29 is 9.53 Å². The van der Waals surface area contributed by atoms with Crippen molar-refractivity contribution in [2.45, 2.75) is 64.3 Å². The van der Waals surface area contributed by atoms with Gasteiger partial charge >= 0.3 is 6.09 Å². The third-order valence-corrected chi connectivity index (χ3v) is 4.88. The number of nitrogens with one attached hydrogen (secondary N) is 1. The maximum Gasteiger partial charge on any atom is 0.407 e. The standard InChI is InChI=1S/C19H28N2O2/c1-19(2,3)23-18(22)20-16-13-21(17-11-7-10-15(16)17)12-14-8-5-4-6-9-14/h4-6,8-9,15-17H,7,10-13H2,1-3H3,(H,20,22). The lowest BCUT2D eigenvalue weighted by atomic mass is 9.99. The third-order valence-electron chi connectivity index (χ3n) is 4.88. The lowest BCUT2D eigenvalue weighted by molar-refractivity contribution is 0.0495. The lowest BCUT2D eigenvalue weighted by Crippen LogP contribution is -2.43. The van der Waals surface area contributed by atoms with E-state index in [2.05, 4.69) is 40.5 Å². The van der Waals surface area contributed by atoms with Crippen molar-refractivity contribution in [3.05, 3.63) is 35.9 Å². The Bertz CT molecular complexity index is 538. The summed E-state index contributed by atoms with van der Waals surface area (Å²) in [7, 11) is 0. The largest absolute Gasteiger partial charge is 0.444 e. The molecule has 1 aliphatic heterocycles. The number of alkyl carbamates (subject to hydrolysis) is 1. The summed E-state index contributed by atoms with van der Waals surface area (Å²) in [4.78, 5) is 14.7. The predicted molar refractivity (Wildman–Crippen MR) is 91.1 cm³/mol. The summed E-state index contributed by atoms with van der Waals surface area (Å²) >= 11 is 0. The van der Waals surface area contributed by atoms with Gasteiger partial charge in [0.05, 0.1) is 0 Å². The quantitative estimate of drug-likeness (QED) is 0.927. The fourth-order valence-electron chi connectivity index (χ4n) is 4.03. The van der Waals surface area contributed by atoms with E-state index in [1.165, 1.54) is 24.8 Å². The summed E-state index contributed by atoms with van der Waals surface area (Å²) in [5, 5.41) is 3.12. The molecule has 0 spiro atoms. The van der Waals surface area contributed by atoms with Crippen molar-refractivity contribution in [3.8, 4) is 0 Å². The number of carbonyl (C=O) groups excluding carboxylic acids is 1. The fourth-order valence-corrected chi connectivity index (χ4v) is 4.03. The number of benzene rings is 1. The normalized spacial score (nSPS) is 27.7. The first-order valence-corrected chi connectivity index (χ1v) is 8.70. The average molecular weight is 316 g/mol. The van der Waals surface area contributed by atoms with E-state index in [0.29, 0.717) is 12.0 Å². The molecule has 1 aromatic carbocycles. The summed E-state index contributed by atoms with van der Waals surface area (Å²) in [5.74, 6) is 0.561. The molecule has 0 bridgehead atoms. The van der Waals surface area contributed by atoms with Crippen LogP contribution >= 0.6 is 0 Å². The second-order valence-electron chi connectivity index (χ2n) is 7.83. The van der Waals surface area contributed by atoms with E-state index < -0.39 is 5.60 Å². The highest BCUT2D eigenvalue weighted by molar-refractivity contribution is 5.68. The summed E-state index contributed by atoms with van der Waals surface area (Å²) in [6.07, 6.45) is 3.42. The number of likely N-dealkylation sites (tertiary alicyclic amines) is 1. The Morgan fingerprint density at radius 1 is 1.26 bits per heavy atom. The van der Waals surface area contributed by atoms with Gasteiger partial charge in [0, 0.05) is 25.2 Å². The maximum atomic E-state index is 12.1. The van der Waals surface area contributed by atoms with Crippen LogP contribution in [0.4, 0.5) is 4.79 Å². The van der Waals surface area contributed by atoms with E-state index >= 15 is 0 Å². The van der Waals surface area contributed by atoms with Crippen molar-refractivity contribution >= 4 is 6.09 Å². The molecule has 2 aliphatic rings. The van der Waals surface area contributed by atoms with E-state index in [9.17, 15) is 4.79 Å². The molecule has 1 aromatic rings. The minimum atomic E-state index is -0.443. The van der Waals surface area contributed by atoms with Crippen LogP contribution in [0, 0.1) is 5.92 Å². The molecule has 2 fully saturated rings. The van der Waals surface area contributed by atoms with Crippen LogP contribution in [-0.2, 0) is 11.3 Å². The SMILES string of the molecule is CC(C)(C)OC(=O)NC1CN(Cc2ccccc2)C2CCCC12. The molecule has 1 N–H and O–H groups in total. The number of fused-ring (bicyclic) bond motifs is 1. The highest BCUT2D eigenvalue weighted by Crippen LogP contribution is 2.38. The van der Waals surface area contributed by atoms with Crippen LogP contribution in [0.25, 0.3) is 0 Å². The molecule has 1 saturated heterocycles. The summed E-state index contributed by atoms with van der Waals surface area (Å²) < 4.78 is 5.43. The highest BCUT2D eigenvalue weighted by atomic mass is 16.6. The van der Waals surface area contributed by atoms with Gasteiger partial charge in [-0.2, -0.15) is 0 Å². The average Bonchev–Trinajstić information content (AvgIpc) is 3.03. The molecular formula is C19H28N2O2. The van der Waals surface area contributed by atoms with Crippen LogP contribution in [0.15, 0.2) is 30.3 Å². The van der Waals surface area contributed by atoms with Gasteiger partial charge in [0.1, 0.15) is 5.60 Å². The third kappa shape index (κ3) is 4.05. The van der Waals surface area contributed by atoms with E-state index in [1.807, 2.05) is 20.8 Å². The Kier molecular flexibility index (Phi) is 4.62. The van der Waals surface area contributed by atoms with Crippen molar-refractivity contribution in [3.63, 3.8) is 0 Å². The molecule has 126 valence electrons. The molecule has 1 saturated carbocycles. The van der Waals surface area contributed by atoms with Crippen LogP contribution < -0.4 is 5.32 Å². The number of nitrogens with zero attached hydrogens (tertiary/aromatic N) is 1. The van der Waals surface area contributed by atoms with Gasteiger partial charge in [0.2, 0.25) is 0 Å². The number of hydrogen-bond donors (Lipinski definition) is 1. The number of ether oxygens (including phenoxy) is 1. The second kappa shape index (κ2) is 6.52. The van der Waals surface area contributed by atoms with Gasteiger partial charge in [-0.3, -0.25) is 4.90 Å². The van der Waals surface area contributed by atoms with Gasteiger partial charge in [-0.05, 0) is 45.1 Å². The van der Waals surface area contributed by atoms with Gasteiger partial charge in [-0.15, -0.1) is 0 Å². The van der Waals surface area contributed by atoms with Crippen LogP contribution in [0.2, 0.25) is 0 Å². The van der Waals surface area contributed by atoms with Crippen molar-refractivity contribution in [1.82, 2.24) is 10.2 Å². The second-order valence-corrected chi connectivity index (χ2v) is 7.83. The van der Waals surface area contributed by atoms with Crippen LogP contribution in [0.1, 0.15) is 45.6 Å². The first kappa shape index (κ1) is 16.3. The molecule has 1 heterocycles. The molecule has 3 rings (SSSR count). The number of hydrogen-bond acceptors (Lipinski definition) is 3. The molecular weight excluding hydrogens is 288 g/mol. The van der Waals surface area contributed by atoms with Crippen LogP contribution in [0.5, 0.6) is 0 Å². The molecule has 0 aromatic heterocycles. The molecule has 1 amide bonds. The minimum Gasteiger partial charge on any atom is -0.444 e. The van der Waals surface area contributed by atoms with E-state index in [4.69, 9.17) is 4.74 Å². The summed E-state index contributed by atoms with van der Waals surface area (Å²) in [5.41, 5.74) is 0.901. The van der Waals surface area contributed by atoms with Crippen molar-refractivity contribution in [1.29, 1.82) is 0 Å². The summed E-state index contributed by atoms with van der Waals surface area (Å²) in [6, 6.07) is 11.4. The Balaban J connectivity index is 1.63. The number of rotatable bonds is 3. The minimum absolute atomic E-state index is 0.209. The van der Waals surface area contributed by atoms with Crippen molar-refractivity contribution in [2.24, 2.45) is 5.92 Å². The van der Waals surface area contributed by atoms with E-state index in [-0.39, 0.29) is 12.1 Å². The van der Waals surface area contributed by atoms with Gasteiger partial charge in [-0.1, -0.05) is 36.8 Å². The van der Waals surface area contributed by atoms with E-state index in [1.54, 1.807) is 0 Å². The molecule has 3 atom stereocenters.